The summed E-state index contributed by atoms with van der Waals surface area (Å²) in [5.74, 6) is 0. The third kappa shape index (κ3) is 1.30. The van der Waals surface area contributed by atoms with Gasteiger partial charge in [-0.1, -0.05) is 6.92 Å². The Labute approximate surface area is 60.5 Å². The second-order valence-corrected chi connectivity index (χ2v) is 3.19. The van der Waals surface area contributed by atoms with E-state index < -0.39 is 6.17 Å². The first-order chi connectivity index (χ1) is 4.69. The molecule has 1 aliphatic rings. The summed E-state index contributed by atoms with van der Waals surface area (Å²) < 4.78 is 18.0. The number of halogens is 1. The lowest BCUT2D eigenvalue weighted by Gasteiger charge is -2.40. The van der Waals surface area contributed by atoms with E-state index in [1.807, 2.05) is 6.92 Å². The molecule has 0 aromatic rings. The molecule has 0 aromatic heterocycles. The normalized spacial score (nSPS) is 25.5. The Kier molecular flexibility index (Phi) is 2.26. The van der Waals surface area contributed by atoms with Crippen LogP contribution in [0.3, 0.4) is 0 Å². The van der Waals surface area contributed by atoms with Gasteiger partial charge < -0.3 is 10.5 Å². The van der Waals surface area contributed by atoms with Crippen LogP contribution in [0.5, 0.6) is 0 Å². The minimum absolute atomic E-state index is 0.237. The van der Waals surface area contributed by atoms with Gasteiger partial charge in [0.25, 0.3) is 0 Å². The molecule has 0 amide bonds. The highest BCUT2D eigenvalue weighted by atomic mass is 19.1. The first kappa shape index (κ1) is 7.95. The molecule has 2 N–H and O–H groups in total. The summed E-state index contributed by atoms with van der Waals surface area (Å²) in [6.45, 7) is 3.43. The molecule has 3 heteroatoms. The van der Waals surface area contributed by atoms with Gasteiger partial charge in [-0.3, -0.25) is 0 Å². The molecule has 0 radical (unpaired) electrons. The van der Waals surface area contributed by atoms with E-state index in [-0.39, 0.29) is 5.41 Å². The molecule has 1 unspecified atom stereocenters. The largest absolute Gasteiger partial charge is 0.380 e. The molecule has 1 saturated heterocycles. The van der Waals surface area contributed by atoms with Gasteiger partial charge in [-0.25, -0.2) is 4.39 Å². The summed E-state index contributed by atoms with van der Waals surface area (Å²) in [7, 11) is 0. The fourth-order valence-electron chi connectivity index (χ4n) is 1.10. The average molecular weight is 147 g/mol. The van der Waals surface area contributed by atoms with Crippen LogP contribution < -0.4 is 5.73 Å². The molecule has 2 nitrogen and oxygen atoms in total. The predicted molar refractivity (Wildman–Crippen MR) is 37.5 cm³/mol. The fourth-order valence-corrected chi connectivity index (χ4v) is 1.10. The van der Waals surface area contributed by atoms with Crippen molar-refractivity contribution in [1.29, 1.82) is 0 Å². The molecular weight excluding hydrogens is 133 g/mol. The number of alkyl halides is 1. The highest BCUT2D eigenvalue weighted by Crippen LogP contribution is 2.33. The van der Waals surface area contributed by atoms with Gasteiger partial charge in [-0.2, -0.15) is 0 Å². The molecule has 1 atom stereocenters. The number of rotatable bonds is 3. The van der Waals surface area contributed by atoms with Gasteiger partial charge in [0.05, 0.1) is 13.2 Å². The molecule has 10 heavy (non-hydrogen) atoms. The standard InChI is InChI=1S/C7H14FNO/c1-7(4-10-5-7)6(8)2-3-9/h6H,2-5,9H2,1H3. The first-order valence-electron chi connectivity index (χ1n) is 3.61. The van der Waals surface area contributed by atoms with E-state index in [0.29, 0.717) is 26.2 Å². The summed E-state index contributed by atoms with van der Waals surface area (Å²) in [6, 6.07) is 0. The zero-order valence-corrected chi connectivity index (χ0v) is 6.27. The van der Waals surface area contributed by atoms with Crippen LogP contribution in [0.2, 0.25) is 0 Å². The van der Waals surface area contributed by atoms with Gasteiger partial charge in [0, 0.05) is 5.41 Å². The van der Waals surface area contributed by atoms with Gasteiger partial charge in [0.1, 0.15) is 6.17 Å². The van der Waals surface area contributed by atoms with E-state index >= 15 is 0 Å². The summed E-state index contributed by atoms with van der Waals surface area (Å²) in [5.41, 5.74) is 4.99. The van der Waals surface area contributed by atoms with Crippen molar-refractivity contribution in [1.82, 2.24) is 0 Å². The van der Waals surface area contributed by atoms with Gasteiger partial charge >= 0.3 is 0 Å². The van der Waals surface area contributed by atoms with Crippen molar-refractivity contribution in [3.8, 4) is 0 Å². The molecule has 0 saturated carbocycles. The van der Waals surface area contributed by atoms with Crippen LogP contribution in [0.25, 0.3) is 0 Å². The van der Waals surface area contributed by atoms with Gasteiger partial charge in [0.2, 0.25) is 0 Å². The average Bonchev–Trinajstić information content (AvgIpc) is 1.83. The molecule has 1 aliphatic heterocycles. The van der Waals surface area contributed by atoms with Crippen LogP contribution in [-0.2, 0) is 4.74 Å². The molecule has 1 rings (SSSR count). The van der Waals surface area contributed by atoms with Crippen LogP contribution in [-0.4, -0.2) is 25.9 Å². The van der Waals surface area contributed by atoms with Crippen LogP contribution in [0.1, 0.15) is 13.3 Å². The zero-order chi connectivity index (χ0) is 7.61. The highest BCUT2D eigenvalue weighted by Gasteiger charge is 2.41. The van der Waals surface area contributed by atoms with Gasteiger partial charge in [-0.05, 0) is 13.0 Å². The van der Waals surface area contributed by atoms with E-state index in [1.54, 1.807) is 0 Å². The van der Waals surface area contributed by atoms with E-state index in [1.165, 1.54) is 0 Å². The monoisotopic (exact) mass is 147 g/mol. The predicted octanol–water partition coefficient (Wildman–Crippen LogP) is 0.710. The second-order valence-electron chi connectivity index (χ2n) is 3.19. The fraction of sp³-hybridized carbons (Fsp3) is 1.00. The molecule has 0 aromatic carbocycles. The summed E-state index contributed by atoms with van der Waals surface area (Å²) >= 11 is 0. The van der Waals surface area contributed by atoms with Crippen molar-refractivity contribution >= 4 is 0 Å². The Balaban J connectivity index is 2.31. The Morgan fingerprint density at radius 3 is 2.60 bits per heavy atom. The first-order valence-corrected chi connectivity index (χ1v) is 3.61. The lowest BCUT2D eigenvalue weighted by molar-refractivity contribution is -0.141. The maximum absolute atomic E-state index is 13.1. The molecule has 1 heterocycles. The molecule has 0 spiro atoms. The van der Waals surface area contributed by atoms with Crippen molar-refractivity contribution in [3.63, 3.8) is 0 Å². The van der Waals surface area contributed by atoms with Gasteiger partial charge in [-0.15, -0.1) is 0 Å². The maximum atomic E-state index is 13.1. The van der Waals surface area contributed by atoms with Crippen LogP contribution in [0, 0.1) is 5.41 Å². The quantitative estimate of drug-likeness (QED) is 0.638. The Morgan fingerprint density at radius 2 is 2.30 bits per heavy atom. The van der Waals surface area contributed by atoms with E-state index in [0.717, 1.165) is 0 Å². The van der Waals surface area contributed by atoms with Gasteiger partial charge in [0.15, 0.2) is 0 Å². The molecule has 60 valence electrons. The van der Waals surface area contributed by atoms with Crippen molar-refractivity contribution < 1.29 is 9.13 Å². The van der Waals surface area contributed by atoms with E-state index in [4.69, 9.17) is 10.5 Å². The van der Waals surface area contributed by atoms with Crippen molar-refractivity contribution in [2.45, 2.75) is 19.5 Å². The van der Waals surface area contributed by atoms with E-state index in [9.17, 15) is 4.39 Å². The third-order valence-corrected chi connectivity index (χ3v) is 2.04. The number of ether oxygens (including phenoxy) is 1. The van der Waals surface area contributed by atoms with Crippen molar-refractivity contribution in [2.75, 3.05) is 19.8 Å². The lowest BCUT2D eigenvalue weighted by atomic mass is 9.82. The number of hydrogen-bond acceptors (Lipinski definition) is 2. The van der Waals surface area contributed by atoms with Crippen LogP contribution in [0.15, 0.2) is 0 Å². The Hall–Kier alpha value is -0.150. The topological polar surface area (TPSA) is 35.2 Å². The van der Waals surface area contributed by atoms with Crippen molar-refractivity contribution in [2.24, 2.45) is 11.1 Å². The number of nitrogens with two attached hydrogens (primary N) is 1. The second kappa shape index (κ2) is 2.84. The lowest BCUT2D eigenvalue weighted by Crippen LogP contribution is -2.47. The van der Waals surface area contributed by atoms with Crippen molar-refractivity contribution in [3.05, 3.63) is 0 Å². The molecule has 0 bridgehead atoms. The summed E-state index contributed by atoms with van der Waals surface area (Å²) in [4.78, 5) is 0. The summed E-state index contributed by atoms with van der Waals surface area (Å²) in [5, 5.41) is 0. The maximum Gasteiger partial charge on any atom is 0.111 e. The van der Waals surface area contributed by atoms with Crippen LogP contribution in [0.4, 0.5) is 4.39 Å². The Morgan fingerprint density at radius 1 is 1.70 bits per heavy atom. The zero-order valence-electron chi connectivity index (χ0n) is 6.27. The minimum atomic E-state index is -0.786. The van der Waals surface area contributed by atoms with Crippen LogP contribution >= 0.6 is 0 Å². The Bertz CT molecular complexity index is 114. The number of hydrogen-bond donors (Lipinski definition) is 1. The molecule has 1 fully saturated rings. The molecule has 0 aliphatic carbocycles. The SMILES string of the molecule is CC1(C(F)CCN)COC1. The minimum Gasteiger partial charge on any atom is -0.380 e. The summed E-state index contributed by atoms with van der Waals surface area (Å²) in [6.07, 6.45) is -0.328. The smallest absolute Gasteiger partial charge is 0.111 e. The third-order valence-electron chi connectivity index (χ3n) is 2.04. The van der Waals surface area contributed by atoms with E-state index in [2.05, 4.69) is 0 Å². The molecular formula is C7H14FNO. The highest BCUT2D eigenvalue weighted by molar-refractivity contribution is 4.88.